The van der Waals surface area contributed by atoms with E-state index < -0.39 is 11.9 Å². The number of thiazole rings is 1. The van der Waals surface area contributed by atoms with Crippen molar-refractivity contribution in [2.24, 2.45) is 5.73 Å². The van der Waals surface area contributed by atoms with Crippen molar-refractivity contribution < 1.29 is 9.59 Å². The zero-order valence-electron chi connectivity index (χ0n) is 18.4. The van der Waals surface area contributed by atoms with E-state index in [1.165, 1.54) is 11.3 Å². The number of benzene rings is 2. The normalized spacial score (nSPS) is 12.6. The summed E-state index contributed by atoms with van der Waals surface area (Å²) >= 11 is 7.49. The van der Waals surface area contributed by atoms with Crippen LogP contribution in [0.2, 0.25) is 5.02 Å². The summed E-state index contributed by atoms with van der Waals surface area (Å²) in [6, 6.07) is 16.3. The maximum Gasteiger partial charge on any atom is 0.244 e. The van der Waals surface area contributed by atoms with Gasteiger partial charge in [-0.3, -0.25) is 9.59 Å². The summed E-state index contributed by atoms with van der Waals surface area (Å²) in [4.78, 5) is 30.8. The molecule has 33 heavy (non-hydrogen) atoms. The lowest BCUT2D eigenvalue weighted by atomic mass is 10.1. The van der Waals surface area contributed by atoms with Gasteiger partial charge in [0.1, 0.15) is 6.04 Å². The quantitative estimate of drug-likeness (QED) is 0.384. The number of hydrogen-bond donors (Lipinski definition) is 3. The lowest BCUT2D eigenvalue weighted by molar-refractivity contribution is -0.127. The lowest BCUT2D eigenvalue weighted by Gasteiger charge is -2.22. The molecule has 1 heterocycles. The van der Waals surface area contributed by atoms with E-state index in [4.69, 9.17) is 17.3 Å². The zero-order valence-corrected chi connectivity index (χ0v) is 20.0. The van der Waals surface area contributed by atoms with Gasteiger partial charge in [-0.25, -0.2) is 4.98 Å². The average molecular weight is 483 g/mol. The highest BCUT2D eigenvalue weighted by Gasteiger charge is 2.25. The summed E-state index contributed by atoms with van der Waals surface area (Å²) in [5.41, 5.74) is 8.84. The Balaban J connectivity index is 1.76. The van der Waals surface area contributed by atoms with Gasteiger partial charge in [0.05, 0.1) is 15.6 Å². The Morgan fingerprint density at radius 2 is 1.82 bits per heavy atom. The number of aryl methyl sites for hydroxylation is 1. The second-order valence-electron chi connectivity index (χ2n) is 7.63. The summed E-state index contributed by atoms with van der Waals surface area (Å²) in [5.74, 6) is -0.730. The Hall–Kier alpha value is -3.00. The monoisotopic (exact) mass is 482 g/mol. The number of nitrogens with zero attached hydrogens (tertiary/aromatic N) is 1. The molecule has 2 atom stereocenters. The molecule has 172 valence electrons. The molecule has 3 rings (SSSR count). The second-order valence-corrected chi connectivity index (χ2v) is 9.15. The third-order valence-corrected chi connectivity index (χ3v) is 6.58. The van der Waals surface area contributed by atoms with Crippen LogP contribution in [0.25, 0.3) is 10.4 Å². The van der Waals surface area contributed by atoms with Crippen LogP contribution < -0.4 is 16.4 Å². The van der Waals surface area contributed by atoms with Crippen LogP contribution in [0.15, 0.2) is 67.3 Å². The Morgan fingerprint density at radius 1 is 1.12 bits per heavy atom. The van der Waals surface area contributed by atoms with E-state index in [0.29, 0.717) is 11.4 Å². The number of nitrogens with one attached hydrogen (secondary N) is 2. The number of amides is 2. The van der Waals surface area contributed by atoms with E-state index in [1.807, 2.05) is 61.5 Å². The van der Waals surface area contributed by atoms with Gasteiger partial charge in [-0.05, 0) is 42.7 Å². The first-order chi connectivity index (χ1) is 15.9. The average Bonchev–Trinajstić information content (AvgIpc) is 3.19. The van der Waals surface area contributed by atoms with Gasteiger partial charge in [-0.2, -0.15) is 0 Å². The number of carbonyl (C=O) groups is 2. The van der Waals surface area contributed by atoms with Crippen LogP contribution in [0.4, 0.5) is 0 Å². The molecular formula is C25H27ClN4O2S. The number of hydrogen-bond acceptors (Lipinski definition) is 5. The first-order valence-corrected chi connectivity index (χ1v) is 11.8. The maximum absolute atomic E-state index is 13.1. The molecule has 0 bridgehead atoms. The van der Waals surface area contributed by atoms with Gasteiger partial charge in [-0.15, -0.1) is 11.3 Å². The molecule has 0 aliphatic rings. The van der Waals surface area contributed by atoms with Gasteiger partial charge in [0, 0.05) is 24.0 Å². The molecule has 8 heteroatoms. The van der Waals surface area contributed by atoms with Gasteiger partial charge in [0.25, 0.3) is 0 Å². The summed E-state index contributed by atoms with van der Waals surface area (Å²) in [7, 11) is 0. The lowest BCUT2D eigenvalue weighted by Crippen LogP contribution is -2.52. The molecule has 0 aliphatic heterocycles. The molecule has 0 aliphatic carbocycles. The molecule has 0 unspecified atom stereocenters. The van der Waals surface area contributed by atoms with Crippen molar-refractivity contribution in [2.45, 2.75) is 31.8 Å². The van der Waals surface area contributed by atoms with Crippen molar-refractivity contribution >= 4 is 34.8 Å². The van der Waals surface area contributed by atoms with Crippen LogP contribution in [0.1, 0.15) is 16.3 Å². The standard InChI is InChI=1S/C25H27ClN4O2S/c1-3-22(31)30-21(25(32)29-20(15-27)13-17-7-5-4-6-8-17)14-23-28-16(2)24(33-23)18-9-11-19(26)12-10-18/h3-12,20-21H,1,13-15,27H2,2H3,(H,29,32)(H,30,31)/t20-,21-/m0/s1. The van der Waals surface area contributed by atoms with Crippen molar-refractivity contribution in [3.63, 3.8) is 0 Å². The first kappa shape index (κ1) is 24.6. The third-order valence-electron chi connectivity index (χ3n) is 5.10. The van der Waals surface area contributed by atoms with Crippen molar-refractivity contribution in [3.05, 3.63) is 88.5 Å². The predicted molar refractivity (Wildman–Crippen MR) is 134 cm³/mol. The number of carbonyl (C=O) groups excluding carboxylic acids is 2. The van der Waals surface area contributed by atoms with Gasteiger partial charge in [-0.1, -0.05) is 60.6 Å². The topological polar surface area (TPSA) is 97.1 Å². The minimum atomic E-state index is -0.802. The molecule has 0 spiro atoms. The Kier molecular flexibility index (Phi) is 8.77. The van der Waals surface area contributed by atoms with Gasteiger partial charge in [0.15, 0.2) is 0 Å². The minimum Gasteiger partial charge on any atom is -0.350 e. The molecular weight excluding hydrogens is 456 g/mol. The molecule has 2 amide bonds. The predicted octanol–water partition coefficient (Wildman–Crippen LogP) is 3.67. The molecule has 2 aromatic carbocycles. The van der Waals surface area contributed by atoms with Crippen molar-refractivity contribution in [1.29, 1.82) is 0 Å². The van der Waals surface area contributed by atoms with Crippen LogP contribution >= 0.6 is 22.9 Å². The highest BCUT2D eigenvalue weighted by molar-refractivity contribution is 7.15. The largest absolute Gasteiger partial charge is 0.350 e. The van der Waals surface area contributed by atoms with Crippen LogP contribution in [0.3, 0.4) is 0 Å². The first-order valence-electron chi connectivity index (χ1n) is 10.6. The van der Waals surface area contributed by atoms with Crippen molar-refractivity contribution in [1.82, 2.24) is 15.6 Å². The smallest absolute Gasteiger partial charge is 0.244 e. The van der Waals surface area contributed by atoms with Gasteiger partial charge >= 0.3 is 0 Å². The van der Waals surface area contributed by atoms with Crippen molar-refractivity contribution in [2.75, 3.05) is 6.54 Å². The van der Waals surface area contributed by atoms with Crippen LogP contribution in [-0.4, -0.2) is 35.4 Å². The summed E-state index contributed by atoms with van der Waals surface area (Å²) in [6.45, 7) is 5.69. The van der Waals surface area contributed by atoms with Crippen molar-refractivity contribution in [3.8, 4) is 10.4 Å². The number of aromatic nitrogens is 1. The Bertz CT molecular complexity index is 1100. The molecule has 0 saturated carbocycles. The summed E-state index contributed by atoms with van der Waals surface area (Å²) < 4.78 is 0. The van der Waals surface area contributed by atoms with Crippen LogP contribution in [-0.2, 0) is 22.4 Å². The van der Waals surface area contributed by atoms with Crippen LogP contribution in [0.5, 0.6) is 0 Å². The maximum atomic E-state index is 13.1. The fourth-order valence-corrected chi connectivity index (χ4v) is 4.66. The zero-order chi connectivity index (χ0) is 23.8. The highest BCUT2D eigenvalue weighted by atomic mass is 35.5. The van der Waals surface area contributed by atoms with E-state index in [2.05, 4.69) is 22.2 Å². The number of halogens is 1. The molecule has 6 nitrogen and oxygen atoms in total. The Labute approximate surface area is 202 Å². The third kappa shape index (κ3) is 6.99. The molecule has 4 N–H and O–H groups in total. The van der Waals surface area contributed by atoms with Gasteiger partial charge in [0.2, 0.25) is 11.8 Å². The fourth-order valence-electron chi connectivity index (χ4n) is 3.42. The SMILES string of the molecule is C=CC(=O)N[C@@H](Cc1nc(C)c(-c2ccc(Cl)cc2)s1)C(=O)N[C@H](CN)Cc1ccccc1. The Morgan fingerprint density at radius 3 is 2.45 bits per heavy atom. The molecule has 0 radical (unpaired) electrons. The van der Waals surface area contributed by atoms with E-state index in [0.717, 1.165) is 32.8 Å². The highest BCUT2D eigenvalue weighted by Crippen LogP contribution is 2.31. The molecule has 0 saturated heterocycles. The van der Waals surface area contributed by atoms with E-state index in [1.54, 1.807) is 0 Å². The van der Waals surface area contributed by atoms with Crippen LogP contribution in [0, 0.1) is 6.92 Å². The fraction of sp³-hybridized carbons (Fsp3) is 0.240. The minimum absolute atomic E-state index is 0.257. The van der Waals surface area contributed by atoms with E-state index >= 15 is 0 Å². The molecule has 0 fully saturated rings. The number of nitrogens with two attached hydrogens (primary N) is 1. The molecule has 3 aromatic rings. The summed E-state index contributed by atoms with van der Waals surface area (Å²) in [6.07, 6.45) is 2.01. The summed E-state index contributed by atoms with van der Waals surface area (Å²) in [5, 5.41) is 7.10. The van der Waals surface area contributed by atoms with Gasteiger partial charge < -0.3 is 16.4 Å². The van der Waals surface area contributed by atoms with E-state index in [-0.39, 0.29) is 24.9 Å². The van der Waals surface area contributed by atoms with E-state index in [9.17, 15) is 9.59 Å². The number of rotatable bonds is 10. The second kappa shape index (κ2) is 11.7. The molecule has 1 aromatic heterocycles.